The second-order valence-electron chi connectivity index (χ2n) is 16.3. The molecular formula is C34H50O6. The highest BCUT2D eigenvalue weighted by Crippen LogP contribution is 2.75. The van der Waals surface area contributed by atoms with Gasteiger partial charge in [0.25, 0.3) is 0 Å². The molecule has 5 aliphatic rings. The third-order valence-corrected chi connectivity index (χ3v) is 14.1. The number of fused-ring (bicyclic) bond motifs is 7. The Kier molecular flexibility index (Phi) is 6.65. The highest BCUT2D eigenvalue weighted by atomic mass is 16.4. The Morgan fingerprint density at radius 1 is 0.850 bits per heavy atom. The molecular weight excluding hydrogens is 504 g/mol. The fourth-order valence-electron chi connectivity index (χ4n) is 11.4. The van der Waals surface area contributed by atoms with E-state index in [0.717, 1.165) is 38.5 Å². The van der Waals surface area contributed by atoms with E-state index < -0.39 is 17.4 Å². The summed E-state index contributed by atoms with van der Waals surface area (Å²) in [6.07, 6.45) is 9.54. The zero-order valence-corrected chi connectivity index (χ0v) is 25.7. The predicted molar refractivity (Wildman–Crippen MR) is 152 cm³/mol. The standard InChI is InChI=1S/C34H50O6/c1-29(2)20(23(35)8-9-26(37)38)10-12-32(5)25(29)11-13-34(7)27(32)24(36)18-21-22-19-31(4,28(39)40)15-14-30(22,3)16-17-33(21,34)6/h18,20,22,25,27H,8-17,19H2,1-7H3,(H,37,38)(H,39,40)/t20-,22+,25+,27-,30-,31+,32+,33-,34-/m1/s1. The van der Waals surface area contributed by atoms with E-state index in [1.165, 1.54) is 5.57 Å². The highest BCUT2D eigenvalue weighted by Gasteiger charge is 2.70. The number of carbonyl (C=O) groups excluding carboxylic acids is 2. The first-order chi connectivity index (χ1) is 18.4. The molecule has 0 spiro atoms. The van der Waals surface area contributed by atoms with Crippen LogP contribution in [-0.4, -0.2) is 33.7 Å². The van der Waals surface area contributed by atoms with Crippen LogP contribution in [0.25, 0.3) is 0 Å². The quantitative estimate of drug-likeness (QED) is 0.375. The normalized spacial score (nSPS) is 47.6. The number of carboxylic acids is 2. The molecule has 9 atom stereocenters. The zero-order valence-electron chi connectivity index (χ0n) is 25.7. The van der Waals surface area contributed by atoms with Gasteiger partial charge in [0.05, 0.1) is 11.8 Å². The maximum Gasteiger partial charge on any atom is 0.309 e. The molecule has 222 valence electrons. The lowest BCUT2D eigenvalue weighted by Gasteiger charge is -2.70. The van der Waals surface area contributed by atoms with Crippen molar-refractivity contribution in [3.63, 3.8) is 0 Å². The lowest BCUT2D eigenvalue weighted by atomic mass is 9.33. The number of hydrogen-bond acceptors (Lipinski definition) is 4. The van der Waals surface area contributed by atoms with Crippen molar-refractivity contribution in [1.29, 1.82) is 0 Å². The average Bonchev–Trinajstić information content (AvgIpc) is 2.84. The van der Waals surface area contributed by atoms with Crippen molar-refractivity contribution >= 4 is 23.5 Å². The van der Waals surface area contributed by atoms with Gasteiger partial charge < -0.3 is 10.2 Å². The molecule has 0 aromatic carbocycles. The van der Waals surface area contributed by atoms with Crippen LogP contribution in [0.3, 0.4) is 0 Å². The maximum atomic E-state index is 14.4. The summed E-state index contributed by atoms with van der Waals surface area (Å²) in [6, 6.07) is 0. The van der Waals surface area contributed by atoms with Crippen LogP contribution in [0.1, 0.15) is 119 Å². The molecule has 4 saturated carbocycles. The Morgan fingerprint density at radius 2 is 1.50 bits per heavy atom. The second-order valence-corrected chi connectivity index (χ2v) is 16.3. The minimum Gasteiger partial charge on any atom is -0.481 e. The molecule has 0 saturated heterocycles. The molecule has 0 bridgehead atoms. The smallest absolute Gasteiger partial charge is 0.309 e. The number of rotatable bonds is 5. The van der Waals surface area contributed by atoms with E-state index in [1.807, 2.05) is 13.0 Å². The second kappa shape index (κ2) is 9.01. The van der Waals surface area contributed by atoms with Gasteiger partial charge in [-0.15, -0.1) is 0 Å². The molecule has 0 heterocycles. The van der Waals surface area contributed by atoms with Gasteiger partial charge in [-0.25, -0.2) is 0 Å². The van der Waals surface area contributed by atoms with Gasteiger partial charge in [0.15, 0.2) is 5.78 Å². The van der Waals surface area contributed by atoms with E-state index in [9.17, 15) is 24.3 Å². The summed E-state index contributed by atoms with van der Waals surface area (Å²) in [4.78, 5) is 51.1. The summed E-state index contributed by atoms with van der Waals surface area (Å²) in [7, 11) is 0. The van der Waals surface area contributed by atoms with Gasteiger partial charge in [0, 0.05) is 18.3 Å². The summed E-state index contributed by atoms with van der Waals surface area (Å²) >= 11 is 0. The molecule has 0 aromatic rings. The van der Waals surface area contributed by atoms with Crippen LogP contribution in [0.15, 0.2) is 11.6 Å². The summed E-state index contributed by atoms with van der Waals surface area (Å²) in [6.45, 7) is 15.6. The highest BCUT2D eigenvalue weighted by molar-refractivity contribution is 5.96. The SMILES string of the molecule is CC1(C)[C@@H](C(=O)CCC(=O)O)CC[C@]2(C)[C@H]3C(=O)C=C4[C@@H]5C[C@@](C)(C(=O)O)CC[C@]5(C)CC[C@@]4(C)[C@]3(C)CC[C@@H]12. The summed E-state index contributed by atoms with van der Waals surface area (Å²) in [5.41, 5.74) is -0.467. The van der Waals surface area contributed by atoms with Crippen LogP contribution < -0.4 is 0 Å². The molecule has 0 unspecified atom stereocenters. The van der Waals surface area contributed by atoms with E-state index in [0.29, 0.717) is 19.3 Å². The van der Waals surface area contributed by atoms with E-state index in [1.54, 1.807) is 0 Å². The lowest BCUT2D eigenvalue weighted by Crippen LogP contribution is -2.66. The van der Waals surface area contributed by atoms with Crippen LogP contribution in [0.2, 0.25) is 0 Å². The van der Waals surface area contributed by atoms with E-state index in [2.05, 4.69) is 41.5 Å². The molecule has 0 radical (unpaired) electrons. The number of hydrogen-bond donors (Lipinski definition) is 2. The molecule has 0 aliphatic heterocycles. The molecule has 4 fully saturated rings. The summed E-state index contributed by atoms with van der Waals surface area (Å²) < 4.78 is 0. The molecule has 40 heavy (non-hydrogen) atoms. The van der Waals surface area contributed by atoms with Crippen molar-refractivity contribution in [3.05, 3.63) is 11.6 Å². The van der Waals surface area contributed by atoms with Gasteiger partial charge in [-0.3, -0.25) is 19.2 Å². The van der Waals surface area contributed by atoms with Crippen LogP contribution >= 0.6 is 0 Å². The molecule has 5 aliphatic carbocycles. The van der Waals surface area contributed by atoms with Crippen molar-refractivity contribution in [3.8, 4) is 0 Å². The maximum absolute atomic E-state index is 14.4. The minimum atomic E-state index is -0.936. The fourth-order valence-corrected chi connectivity index (χ4v) is 11.4. The molecule has 6 heteroatoms. The number of aliphatic carboxylic acids is 2. The third kappa shape index (κ3) is 3.86. The van der Waals surface area contributed by atoms with Gasteiger partial charge in [-0.2, -0.15) is 0 Å². The Hall–Kier alpha value is -1.98. The number of Topliss-reactive ketones (excluding diaryl/α,β-unsaturated/α-hetero) is 1. The first kappa shape index (κ1) is 29.5. The van der Waals surface area contributed by atoms with Crippen molar-refractivity contribution in [2.45, 2.75) is 119 Å². The first-order valence-electron chi connectivity index (χ1n) is 15.6. The van der Waals surface area contributed by atoms with E-state index in [4.69, 9.17) is 5.11 Å². The Morgan fingerprint density at radius 3 is 2.12 bits per heavy atom. The summed E-state index contributed by atoms with van der Waals surface area (Å²) in [5, 5.41) is 19.3. The fraction of sp³-hybridized carbons (Fsp3) is 0.824. The molecule has 6 nitrogen and oxygen atoms in total. The Bertz CT molecular complexity index is 1180. The van der Waals surface area contributed by atoms with Gasteiger partial charge in [0.2, 0.25) is 0 Å². The van der Waals surface area contributed by atoms with E-state index >= 15 is 0 Å². The largest absolute Gasteiger partial charge is 0.481 e. The lowest BCUT2D eigenvalue weighted by molar-refractivity contribution is -0.194. The first-order valence-corrected chi connectivity index (χ1v) is 15.6. The number of ketones is 2. The van der Waals surface area contributed by atoms with Gasteiger partial charge in [-0.1, -0.05) is 47.1 Å². The molecule has 2 N–H and O–H groups in total. The van der Waals surface area contributed by atoms with Gasteiger partial charge >= 0.3 is 11.9 Å². The van der Waals surface area contributed by atoms with Crippen LogP contribution in [0.4, 0.5) is 0 Å². The molecule has 0 amide bonds. The number of allylic oxidation sites excluding steroid dienone is 2. The molecule has 5 rings (SSSR count). The number of carboxylic acid groups (broad SMARTS) is 2. The van der Waals surface area contributed by atoms with Crippen molar-refractivity contribution in [1.82, 2.24) is 0 Å². The topological polar surface area (TPSA) is 109 Å². The predicted octanol–water partition coefficient (Wildman–Crippen LogP) is 7.10. The van der Waals surface area contributed by atoms with Gasteiger partial charge in [0.1, 0.15) is 5.78 Å². The number of carbonyl (C=O) groups is 4. The van der Waals surface area contributed by atoms with Crippen molar-refractivity contribution in [2.24, 2.45) is 56.2 Å². The monoisotopic (exact) mass is 554 g/mol. The van der Waals surface area contributed by atoms with Crippen molar-refractivity contribution < 1.29 is 29.4 Å². The molecule has 0 aromatic heterocycles. The Labute approximate surface area is 239 Å². The third-order valence-electron chi connectivity index (χ3n) is 14.1. The van der Waals surface area contributed by atoms with E-state index in [-0.39, 0.29) is 75.2 Å². The average molecular weight is 555 g/mol. The van der Waals surface area contributed by atoms with Crippen LogP contribution in [0, 0.1) is 56.2 Å². The van der Waals surface area contributed by atoms with Crippen LogP contribution in [-0.2, 0) is 19.2 Å². The van der Waals surface area contributed by atoms with Crippen molar-refractivity contribution in [2.75, 3.05) is 0 Å². The Balaban J connectivity index is 1.53. The van der Waals surface area contributed by atoms with Gasteiger partial charge in [-0.05, 0) is 110 Å². The zero-order chi connectivity index (χ0) is 29.7. The summed E-state index contributed by atoms with van der Waals surface area (Å²) in [5.74, 6) is -1.41. The minimum absolute atomic E-state index is 0.0290. The van der Waals surface area contributed by atoms with Crippen LogP contribution in [0.5, 0.6) is 0 Å².